The van der Waals surface area contributed by atoms with Gasteiger partial charge in [0.1, 0.15) is 0 Å². The number of nitrogens with one attached hydrogen (secondary N) is 1. The van der Waals surface area contributed by atoms with Crippen LogP contribution in [0.15, 0.2) is 18.2 Å². The second-order valence-corrected chi connectivity index (χ2v) is 5.00. The van der Waals surface area contributed by atoms with E-state index in [1.165, 1.54) is 11.1 Å². The zero-order valence-corrected chi connectivity index (χ0v) is 9.47. The molecule has 0 unspecified atom stereocenters. The molecule has 2 aliphatic rings. The van der Waals surface area contributed by atoms with Gasteiger partial charge in [-0.05, 0) is 24.1 Å². The standard InChI is InChI=1S/C12H14ClNO/c1-12-7-14-5-10(12)8-3-2-4-11(13)9(8)6-15-12/h2-4,10,14H,5-7H2,1H3/t10-,12+/m0/s1. The molecule has 0 bridgehead atoms. The average Bonchev–Trinajstić information content (AvgIpc) is 2.60. The van der Waals surface area contributed by atoms with Crippen LogP contribution in [-0.4, -0.2) is 18.7 Å². The van der Waals surface area contributed by atoms with E-state index >= 15 is 0 Å². The fourth-order valence-electron chi connectivity index (χ4n) is 2.69. The van der Waals surface area contributed by atoms with Crippen LogP contribution in [0.4, 0.5) is 0 Å². The molecule has 0 spiro atoms. The van der Waals surface area contributed by atoms with Crippen molar-refractivity contribution in [2.24, 2.45) is 0 Å². The molecular weight excluding hydrogens is 210 g/mol. The molecule has 0 saturated carbocycles. The SMILES string of the molecule is C[C@@]12CNC[C@H]1c1cccc(Cl)c1CO2. The Labute approximate surface area is 94.6 Å². The molecule has 0 radical (unpaired) electrons. The quantitative estimate of drug-likeness (QED) is 0.729. The lowest BCUT2D eigenvalue weighted by atomic mass is 9.81. The van der Waals surface area contributed by atoms with E-state index < -0.39 is 0 Å². The smallest absolute Gasteiger partial charge is 0.0863 e. The molecule has 1 saturated heterocycles. The predicted molar refractivity (Wildman–Crippen MR) is 60.3 cm³/mol. The molecule has 1 aromatic rings. The van der Waals surface area contributed by atoms with Gasteiger partial charge in [0.25, 0.3) is 0 Å². The van der Waals surface area contributed by atoms with Gasteiger partial charge in [0, 0.05) is 24.0 Å². The molecule has 2 nitrogen and oxygen atoms in total. The maximum absolute atomic E-state index is 6.18. The van der Waals surface area contributed by atoms with Crippen molar-refractivity contribution >= 4 is 11.6 Å². The lowest BCUT2D eigenvalue weighted by Crippen LogP contribution is -2.39. The molecule has 3 rings (SSSR count). The van der Waals surface area contributed by atoms with Gasteiger partial charge in [-0.15, -0.1) is 0 Å². The summed E-state index contributed by atoms with van der Waals surface area (Å²) in [6, 6.07) is 6.15. The van der Waals surface area contributed by atoms with Crippen LogP contribution >= 0.6 is 11.6 Å². The minimum Gasteiger partial charge on any atom is -0.369 e. The van der Waals surface area contributed by atoms with Gasteiger partial charge in [0.2, 0.25) is 0 Å². The predicted octanol–water partition coefficient (Wildman–Crippen LogP) is 2.32. The van der Waals surface area contributed by atoms with Crippen LogP contribution < -0.4 is 5.32 Å². The van der Waals surface area contributed by atoms with E-state index in [9.17, 15) is 0 Å². The summed E-state index contributed by atoms with van der Waals surface area (Å²) in [4.78, 5) is 0. The van der Waals surface area contributed by atoms with Crippen molar-refractivity contribution in [3.63, 3.8) is 0 Å². The molecule has 80 valence electrons. The molecule has 1 fully saturated rings. The fourth-order valence-corrected chi connectivity index (χ4v) is 2.92. The van der Waals surface area contributed by atoms with Crippen molar-refractivity contribution in [3.8, 4) is 0 Å². The molecule has 0 amide bonds. The maximum Gasteiger partial charge on any atom is 0.0863 e. The number of rotatable bonds is 0. The Bertz CT molecular complexity index is 407. The van der Waals surface area contributed by atoms with Gasteiger partial charge in [-0.3, -0.25) is 0 Å². The zero-order chi connectivity index (χ0) is 10.5. The molecule has 2 heterocycles. The Kier molecular flexibility index (Phi) is 2.06. The second kappa shape index (κ2) is 3.21. The summed E-state index contributed by atoms with van der Waals surface area (Å²) in [5.41, 5.74) is 2.49. The molecule has 3 heteroatoms. The van der Waals surface area contributed by atoms with E-state index in [0.717, 1.165) is 18.1 Å². The Morgan fingerprint density at radius 2 is 2.40 bits per heavy atom. The Hall–Kier alpha value is -0.570. The van der Waals surface area contributed by atoms with Crippen LogP contribution in [0.3, 0.4) is 0 Å². The van der Waals surface area contributed by atoms with Gasteiger partial charge < -0.3 is 10.1 Å². The Morgan fingerprint density at radius 1 is 1.53 bits per heavy atom. The average molecular weight is 224 g/mol. The summed E-state index contributed by atoms with van der Waals surface area (Å²) in [6.45, 7) is 4.75. The second-order valence-electron chi connectivity index (χ2n) is 4.59. The summed E-state index contributed by atoms with van der Waals surface area (Å²) in [7, 11) is 0. The molecule has 2 atom stereocenters. The fraction of sp³-hybridized carbons (Fsp3) is 0.500. The Morgan fingerprint density at radius 3 is 3.27 bits per heavy atom. The number of ether oxygens (including phenoxy) is 1. The van der Waals surface area contributed by atoms with Gasteiger partial charge in [-0.2, -0.15) is 0 Å². The third kappa shape index (κ3) is 1.32. The first kappa shape index (κ1) is 9.64. The number of halogens is 1. The van der Waals surface area contributed by atoms with Crippen molar-refractivity contribution in [2.45, 2.75) is 25.0 Å². The Balaban J connectivity index is 2.13. The summed E-state index contributed by atoms with van der Waals surface area (Å²) in [5.74, 6) is 0.444. The minimum absolute atomic E-state index is 0.0440. The summed E-state index contributed by atoms with van der Waals surface area (Å²) < 4.78 is 5.95. The van der Waals surface area contributed by atoms with Gasteiger partial charge in [-0.25, -0.2) is 0 Å². The highest BCUT2D eigenvalue weighted by Crippen LogP contribution is 2.42. The third-order valence-electron chi connectivity index (χ3n) is 3.64. The third-order valence-corrected chi connectivity index (χ3v) is 3.99. The van der Waals surface area contributed by atoms with Crippen molar-refractivity contribution in [2.75, 3.05) is 13.1 Å². The lowest BCUT2D eigenvalue weighted by Gasteiger charge is -2.37. The first-order chi connectivity index (χ1) is 7.21. The normalized spacial score (nSPS) is 33.6. The summed E-state index contributed by atoms with van der Waals surface area (Å²) in [6.07, 6.45) is 0. The topological polar surface area (TPSA) is 21.3 Å². The monoisotopic (exact) mass is 223 g/mol. The molecule has 1 aromatic carbocycles. The van der Waals surface area contributed by atoms with Gasteiger partial charge in [0.05, 0.1) is 12.2 Å². The van der Waals surface area contributed by atoms with Crippen molar-refractivity contribution < 1.29 is 4.74 Å². The molecule has 15 heavy (non-hydrogen) atoms. The molecule has 2 aliphatic heterocycles. The molecular formula is C12H14ClNO. The summed E-state index contributed by atoms with van der Waals surface area (Å²) in [5, 5.41) is 4.23. The van der Waals surface area contributed by atoms with E-state index in [-0.39, 0.29) is 5.60 Å². The van der Waals surface area contributed by atoms with Crippen LogP contribution in [0.5, 0.6) is 0 Å². The largest absolute Gasteiger partial charge is 0.369 e. The van der Waals surface area contributed by atoms with Gasteiger partial charge in [0.15, 0.2) is 0 Å². The van der Waals surface area contributed by atoms with Crippen molar-refractivity contribution in [1.29, 1.82) is 0 Å². The van der Waals surface area contributed by atoms with Crippen LogP contribution in [0, 0.1) is 0 Å². The highest BCUT2D eigenvalue weighted by molar-refractivity contribution is 6.31. The number of fused-ring (bicyclic) bond motifs is 3. The van der Waals surface area contributed by atoms with E-state index in [2.05, 4.69) is 18.3 Å². The first-order valence-corrected chi connectivity index (χ1v) is 5.70. The lowest BCUT2D eigenvalue weighted by molar-refractivity contribution is -0.0517. The van der Waals surface area contributed by atoms with E-state index in [0.29, 0.717) is 12.5 Å². The van der Waals surface area contributed by atoms with Gasteiger partial charge >= 0.3 is 0 Å². The molecule has 0 aliphatic carbocycles. The zero-order valence-electron chi connectivity index (χ0n) is 8.72. The number of benzene rings is 1. The minimum atomic E-state index is -0.0440. The first-order valence-electron chi connectivity index (χ1n) is 5.33. The van der Waals surface area contributed by atoms with Crippen LogP contribution in [0.25, 0.3) is 0 Å². The van der Waals surface area contributed by atoms with E-state index in [1.807, 2.05) is 12.1 Å². The highest BCUT2D eigenvalue weighted by Gasteiger charge is 2.44. The van der Waals surface area contributed by atoms with Crippen LogP contribution in [0.2, 0.25) is 5.02 Å². The highest BCUT2D eigenvalue weighted by atomic mass is 35.5. The van der Waals surface area contributed by atoms with Crippen molar-refractivity contribution in [3.05, 3.63) is 34.3 Å². The number of hydrogen-bond donors (Lipinski definition) is 1. The number of hydrogen-bond acceptors (Lipinski definition) is 2. The van der Waals surface area contributed by atoms with Crippen molar-refractivity contribution in [1.82, 2.24) is 5.32 Å². The van der Waals surface area contributed by atoms with Gasteiger partial charge in [-0.1, -0.05) is 23.7 Å². The molecule has 1 N–H and O–H groups in total. The van der Waals surface area contributed by atoms with Crippen LogP contribution in [0.1, 0.15) is 24.0 Å². The van der Waals surface area contributed by atoms with Crippen LogP contribution in [-0.2, 0) is 11.3 Å². The molecule has 0 aromatic heterocycles. The van der Waals surface area contributed by atoms with E-state index in [4.69, 9.17) is 16.3 Å². The summed E-state index contributed by atoms with van der Waals surface area (Å²) >= 11 is 6.18. The maximum atomic E-state index is 6.18. The van der Waals surface area contributed by atoms with E-state index in [1.54, 1.807) is 0 Å².